The van der Waals surface area contributed by atoms with Crippen molar-refractivity contribution in [3.8, 4) is 5.75 Å². The normalized spacial score (nSPS) is 10.1. The van der Waals surface area contributed by atoms with Gasteiger partial charge in [0.25, 0.3) is 0 Å². The highest BCUT2D eigenvalue weighted by Gasteiger charge is 1.95. The highest BCUT2D eigenvalue weighted by Crippen LogP contribution is 2.15. The summed E-state index contributed by atoms with van der Waals surface area (Å²) in [5.74, 6) is 0.797. The van der Waals surface area contributed by atoms with Gasteiger partial charge in [0.15, 0.2) is 7.85 Å². The maximum Gasteiger partial charge on any atom is 0.163 e. The first kappa shape index (κ1) is 8.97. The molecule has 0 aromatic carbocycles. The Labute approximate surface area is 71.9 Å². The number of rotatable bonds is 2. The Kier molecular flexibility index (Phi) is 3.29. The zero-order valence-corrected chi connectivity index (χ0v) is 8.63. The second-order valence-corrected chi connectivity index (χ2v) is 4.30. The van der Waals surface area contributed by atoms with Crippen LogP contribution in [0.5, 0.6) is 5.75 Å². The molecule has 1 aromatic heterocycles. The molecule has 0 saturated heterocycles. The fourth-order valence-corrected chi connectivity index (χ4v) is 0.995. The SMILES string of the molecule is Bc1ccc(OC(P)P)cn1. The van der Waals surface area contributed by atoms with Gasteiger partial charge in [0.2, 0.25) is 0 Å². The van der Waals surface area contributed by atoms with Gasteiger partial charge in [0, 0.05) is 0 Å². The van der Waals surface area contributed by atoms with Gasteiger partial charge in [-0.2, -0.15) is 0 Å². The third kappa shape index (κ3) is 3.18. The average molecular weight is 185 g/mol. The largest absolute Gasteiger partial charge is 0.481 e. The quantitative estimate of drug-likeness (QED) is 0.468. The van der Waals surface area contributed by atoms with Gasteiger partial charge in [-0.25, -0.2) is 0 Å². The number of pyridine rings is 1. The number of aromatic nitrogens is 1. The molecule has 1 rings (SSSR count). The standard InChI is InChI=1S/C6H10BNOP2/c7-5-2-1-4(3-8-5)9-6(10)11/h1-3,6H,7,10-11H2. The van der Waals surface area contributed by atoms with Crippen molar-refractivity contribution in [2.24, 2.45) is 0 Å². The Hall–Kier alpha value is -0.125. The molecule has 0 bridgehead atoms. The Morgan fingerprint density at radius 3 is 2.64 bits per heavy atom. The molecule has 0 saturated carbocycles. The maximum absolute atomic E-state index is 5.33. The van der Waals surface area contributed by atoms with Crippen LogP contribution in [0.25, 0.3) is 0 Å². The maximum atomic E-state index is 5.33. The molecule has 0 aliphatic carbocycles. The molecule has 0 fully saturated rings. The van der Waals surface area contributed by atoms with E-state index in [0.717, 1.165) is 11.3 Å². The highest BCUT2D eigenvalue weighted by atomic mass is 31.1. The Bertz CT molecular complexity index is 227. The van der Waals surface area contributed by atoms with Gasteiger partial charge >= 0.3 is 0 Å². The first-order valence-electron chi connectivity index (χ1n) is 3.29. The van der Waals surface area contributed by atoms with Gasteiger partial charge in [0.05, 0.1) is 6.20 Å². The summed E-state index contributed by atoms with van der Waals surface area (Å²) in [6.45, 7) is 0. The lowest BCUT2D eigenvalue weighted by molar-refractivity contribution is 0.363. The third-order valence-corrected chi connectivity index (χ3v) is 1.43. The molecule has 2 unspecified atom stereocenters. The Morgan fingerprint density at radius 2 is 2.18 bits per heavy atom. The molecule has 2 nitrogen and oxygen atoms in total. The highest BCUT2D eigenvalue weighted by molar-refractivity contribution is 7.37. The van der Waals surface area contributed by atoms with Gasteiger partial charge in [-0.05, 0) is 17.7 Å². The van der Waals surface area contributed by atoms with E-state index < -0.39 is 0 Å². The molecule has 11 heavy (non-hydrogen) atoms. The van der Waals surface area contributed by atoms with Gasteiger partial charge in [-0.3, -0.25) is 4.98 Å². The van der Waals surface area contributed by atoms with Crippen molar-refractivity contribution < 1.29 is 4.74 Å². The predicted molar refractivity (Wildman–Crippen MR) is 56.3 cm³/mol. The van der Waals surface area contributed by atoms with E-state index in [1.165, 1.54) is 0 Å². The van der Waals surface area contributed by atoms with Crippen LogP contribution in [0, 0.1) is 0 Å². The van der Waals surface area contributed by atoms with Crippen molar-refractivity contribution in [2.75, 3.05) is 0 Å². The summed E-state index contributed by atoms with van der Waals surface area (Å²) in [6, 6.07) is 3.83. The van der Waals surface area contributed by atoms with Gasteiger partial charge in [-0.1, -0.05) is 18.5 Å². The number of nitrogens with zero attached hydrogens (tertiary/aromatic N) is 1. The zero-order valence-electron chi connectivity index (χ0n) is 6.32. The summed E-state index contributed by atoms with van der Waals surface area (Å²) in [5.41, 5.74) is 1.06. The minimum atomic E-state index is 0.0551. The molecule has 1 heterocycles. The second-order valence-electron chi connectivity index (χ2n) is 2.22. The van der Waals surface area contributed by atoms with Crippen LogP contribution >= 0.6 is 18.5 Å². The fourth-order valence-electron chi connectivity index (χ4n) is 0.681. The Morgan fingerprint density at radius 1 is 1.45 bits per heavy atom. The first-order valence-corrected chi connectivity index (χ1v) is 4.62. The summed E-state index contributed by atoms with van der Waals surface area (Å²) in [6.07, 6.45) is 1.72. The van der Waals surface area contributed by atoms with Crippen LogP contribution in [0.2, 0.25) is 0 Å². The van der Waals surface area contributed by atoms with Crippen molar-refractivity contribution in [3.63, 3.8) is 0 Å². The van der Waals surface area contributed by atoms with Crippen LogP contribution < -0.4 is 10.3 Å². The van der Waals surface area contributed by atoms with Gasteiger partial charge in [-0.15, -0.1) is 0 Å². The molecule has 0 spiro atoms. The topological polar surface area (TPSA) is 22.1 Å². The Balaban J connectivity index is 2.66. The van der Waals surface area contributed by atoms with Crippen molar-refractivity contribution >= 4 is 31.9 Å². The van der Waals surface area contributed by atoms with Crippen molar-refractivity contribution in [1.82, 2.24) is 4.98 Å². The van der Waals surface area contributed by atoms with Crippen LogP contribution in [-0.4, -0.2) is 18.4 Å². The summed E-state index contributed by atoms with van der Waals surface area (Å²) in [7, 11) is 7.01. The van der Waals surface area contributed by atoms with Crippen LogP contribution in [0.3, 0.4) is 0 Å². The third-order valence-electron chi connectivity index (χ3n) is 1.16. The van der Waals surface area contributed by atoms with Crippen LogP contribution in [-0.2, 0) is 0 Å². The van der Waals surface area contributed by atoms with Crippen molar-refractivity contribution in [1.29, 1.82) is 0 Å². The summed E-state index contributed by atoms with van der Waals surface area (Å²) < 4.78 is 5.33. The van der Waals surface area contributed by atoms with E-state index >= 15 is 0 Å². The molecule has 0 amide bonds. The number of hydrogen-bond donors (Lipinski definition) is 0. The van der Waals surface area contributed by atoms with E-state index in [9.17, 15) is 0 Å². The van der Waals surface area contributed by atoms with E-state index in [-0.39, 0.29) is 5.59 Å². The van der Waals surface area contributed by atoms with Crippen molar-refractivity contribution in [2.45, 2.75) is 5.59 Å². The number of hydrogen-bond acceptors (Lipinski definition) is 2. The number of ether oxygens (including phenoxy) is 1. The lowest BCUT2D eigenvalue weighted by Crippen LogP contribution is -2.07. The van der Waals surface area contributed by atoms with Crippen molar-refractivity contribution in [3.05, 3.63) is 18.3 Å². The molecule has 58 valence electrons. The molecular weight excluding hydrogens is 175 g/mol. The molecule has 0 aliphatic heterocycles. The van der Waals surface area contributed by atoms with E-state index in [2.05, 4.69) is 23.5 Å². The van der Waals surface area contributed by atoms with E-state index in [1.807, 2.05) is 20.0 Å². The summed E-state index contributed by atoms with van der Waals surface area (Å²) >= 11 is 0. The van der Waals surface area contributed by atoms with Gasteiger partial charge in [0.1, 0.15) is 11.3 Å². The fraction of sp³-hybridized carbons (Fsp3) is 0.167. The predicted octanol–water partition coefficient (Wildman–Crippen LogP) is -0.247. The van der Waals surface area contributed by atoms with Crippen LogP contribution in [0.1, 0.15) is 0 Å². The van der Waals surface area contributed by atoms with E-state index in [0.29, 0.717) is 0 Å². The van der Waals surface area contributed by atoms with Crippen LogP contribution in [0.4, 0.5) is 0 Å². The monoisotopic (exact) mass is 185 g/mol. The summed E-state index contributed by atoms with van der Waals surface area (Å²) in [5, 5.41) is 0. The zero-order chi connectivity index (χ0) is 8.27. The second kappa shape index (κ2) is 4.04. The molecule has 1 aromatic rings. The molecule has 0 aliphatic rings. The molecule has 5 heteroatoms. The van der Waals surface area contributed by atoms with E-state index in [4.69, 9.17) is 4.74 Å². The smallest absolute Gasteiger partial charge is 0.163 e. The first-order chi connectivity index (χ1) is 5.18. The summed E-state index contributed by atoms with van der Waals surface area (Å²) in [4.78, 5) is 4.09. The molecular formula is C6H10BNOP2. The lowest BCUT2D eigenvalue weighted by Gasteiger charge is -2.08. The molecule has 0 radical (unpaired) electrons. The average Bonchev–Trinajstić information content (AvgIpc) is 1.93. The van der Waals surface area contributed by atoms with Crippen LogP contribution in [0.15, 0.2) is 18.3 Å². The minimum Gasteiger partial charge on any atom is -0.481 e. The lowest BCUT2D eigenvalue weighted by atomic mass is 10.0. The molecule has 2 atom stereocenters. The van der Waals surface area contributed by atoms with E-state index in [1.54, 1.807) is 6.20 Å². The van der Waals surface area contributed by atoms with Gasteiger partial charge < -0.3 is 4.74 Å². The minimum absolute atomic E-state index is 0.0551. The molecule has 0 N–H and O–H groups in total.